The molecule has 25 heavy (non-hydrogen) atoms. The van der Waals surface area contributed by atoms with Crippen LogP contribution in [0.3, 0.4) is 0 Å². The van der Waals surface area contributed by atoms with Gasteiger partial charge in [-0.15, -0.1) is 0 Å². The number of alkyl halides is 3. The Hall–Kier alpha value is -0.870. The van der Waals surface area contributed by atoms with E-state index in [9.17, 15) is 26.4 Å². The van der Waals surface area contributed by atoms with Crippen molar-refractivity contribution in [2.24, 2.45) is 0 Å². The first kappa shape index (κ1) is 20.4. The van der Waals surface area contributed by atoms with Crippen molar-refractivity contribution in [1.29, 1.82) is 0 Å². The molecule has 1 saturated heterocycles. The molecule has 2 aliphatic rings. The minimum absolute atomic E-state index is 0.260. The topological polar surface area (TPSA) is 78.5 Å². The van der Waals surface area contributed by atoms with Crippen LogP contribution in [-0.2, 0) is 14.6 Å². The summed E-state index contributed by atoms with van der Waals surface area (Å²) in [5.41, 5.74) is 0. The van der Waals surface area contributed by atoms with Crippen LogP contribution in [0.15, 0.2) is 0 Å². The number of rotatable bonds is 7. The number of sulfone groups is 1. The van der Waals surface area contributed by atoms with Crippen LogP contribution in [0.25, 0.3) is 0 Å². The molecule has 1 aliphatic carbocycles. The van der Waals surface area contributed by atoms with Gasteiger partial charge in [0, 0.05) is 39.1 Å². The zero-order valence-corrected chi connectivity index (χ0v) is 15.0. The maximum Gasteiger partial charge on any atom is 0.405 e. The number of carbonyl (C=O) groups excluding carboxylic acids is 1. The molecule has 1 unspecified atom stereocenters. The van der Waals surface area contributed by atoms with Crippen LogP contribution in [0.5, 0.6) is 0 Å². The van der Waals surface area contributed by atoms with Gasteiger partial charge >= 0.3 is 6.18 Å². The molecule has 0 aromatic rings. The molecule has 2 rings (SSSR count). The van der Waals surface area contributed by atoms with Crippen molar-refractivity contribution < 1.29 is 26.4 Å². The van der Waals surface area contributed by atoms with Crippen molar-refractivity contribution in [3.05, 3.63) is 0 Å². The number of carbonyl (C=O) groups is 1. The monoisotopic (exact) mass is 385 g/mol. The Bertz CT molecular complexity index is 542. The minimum Gasteiger partial charge on any atom is -0.354 e. The summed E-state index contributed by atoms with van der Waals surface area (Å²) in [5.74, 6) is -0.945. The van der Waals surface area contributed by atoms with Crippen molar-refractivity contribution in [2.45, 2.75) is 49.6 Å². The van der Waals surface area contributed by atoms with Crippen molar-refractivity contribution in [1.82, 2.24) is 15.5 Å². The number of hydrogen-bond acceptors (Lipinski definition) is 5. The van der Waals surface area contributed by atoms with Crippen molar-refractivity contribution >= 4 is 15.7 Å². The Kier molecular flexibility index (Phi) is 7.10. The summed E-state index contributed by atoms with van der Waals surface area (Å²) in [6.07, 6.45) is -1.76. The van der Waals surface area contributed by atoms with Crippen molar-refractivity contribution in [3.63, 3.8) is 0 Å². The van der Waals surface area contributed by atoms with E-state index in [0.717, 1.165) is 12.8 Å². The highest BCUT2D eigenvalue weighted by Crippen LogP contribution is 2.26. The number of amides is 1. The summed E-state index contributed by atoms with van der Waals surface area (Å²) in [7, 11) is -3.34. The van der Waals surface area contributed by atoms with Crippen molar-refractivity contribution in [2.75, 3.05) is 38.5 Å². The van der Waals surface area contributed by atoms with Crippen LogP contribution in [0.4, 0.5) is 13.2 Å². The minimum atomic E-state index is -4.44. The van der Waals surface area contributed by atoms with Crippen LogP contribution < -0.4 is 10.6 Å². The Labute approximate surface area is 146 Å². The van der Waals surface area contributed by atoms with E-state index in [1.807, 2.05) is 0 Å². The summed E-state index contributed by atoms with van der Waals surface area (Å²) in [4.78, 5) is 13.1. The fourth-order valence-corrected chi connectivity index (χ4v) is 5.25. The zero-order chi connectivity index (χ0) is 18.5. The molecular formula is C15H26F3N3O3S. The Morgan fingerprint density at radius 2 is 1.80 bits per heavy atom. The predicted octanol–water partition coefficient (Wildman–Crippen LogP) is 0.686. The van der Waals surface area contributed by atoms with E-state index in [-0.39, 0.29) is 25.3 Å². The molecule has 1 amide bonds. The molecule has 0 bridgehead atoms. The molecule has 1 heterocycles. The van der Waals surface area contributed by atoms with Gasteiger partial charge < -0.3 is 10.6 Å². The highest BCUT2D eigenvalue weighted by molar-refractivity contribution is 7.92. The Morgan fingerprint density at radius 1 is 1.20 bits per heavy atom. The number of halogens is 3. The van der Waals surface area contributed by atoms with Crippen LogP contribution in [-0.4, -0.2) is 75.2 Å². The largest absolute Gasteiger partial charge is 0.405 e. The van der Waals surface area contributed by atoms with Crippen LogP contribution in [0.2, 0.25) is 0 Å². The van der Waals surface area contributed by atoms with E-state index < -0.39 is 39.8 Å². The Morgan fingerprint density at radius 3 is 2.36 bits per heavy atom. The summed E-state index contributed by atoms with van der Waals surface area (Å²) >= 11 is 0. The lowest BCUT2D eigenvalue weighted by atomic mass is 10.2. The third-order valence-corrected chi connectivity index (χ3v) is 7.15. The van der Waals surface area contributed by atoms with Gasteiger partial charge in [0.05, 0.1) is 11.0 Å². The van der Waals surface area contributed by atoms with Gasteiger partial charge in [-0.3, -0.25) is 9.69 Å². The second kappa shape index (κ2) is 8.68. The number of hydrogen-bond donors (Lipinski definition) is 2. The number of nitrogens with zero attached hydrogens (tertiary/aromatic N) is 1. The molecule has 0 aromatic carbocycles. The lowest BCUT2D eigenvalue weighted by Gasteiger charge is -2.35. The molecule has 10 heteroatoms. The van der Waals surface area contributed by atoms with Gasteiger partial charge in [-0.2, -0.15) is 13.2 Å². The van der Waals surface area contributed by atoms with E-state index in [4.69, 9.17) is 0 Å². The van der Waals surface area contributed by atoms with Gasteiger partial charge in [-0.1, -0.05) is 12.8 Å². The molecule has 1 saturated carbocycles. The third kappa shape index (κ3) is 6.10. The molecule has 2 fully saturated rings. The third-order valence-electron chi connectivity index (χ3n) is 4.89. The lowest BCUT2D eigenvalue weighted by molar-refractivity contribution is -0.184. The first-order chi connectivity index (χ1) is 11.7. The van der Waals surface area contributed by atoms with Gasteiger partial charge in [0.25, 0.3) is 0 Å². The van der Waals surface area contributed by atoms with E-state index in [2.05, 4.69) is 10.6 Å². The first-order valence-electron chi connectivity index (χ1n) is 8.70. The van der Waals surface area contributed by atoms with Crippen LogP contribution in [0.1, 0.15) is 32.1 Å². The second-order valence-corrected chi connectivity index (χ2v) is 9.07. The SMILES string of the molecule is O=C(CCS(=O)(=O)C1CCCC1)NCC(N1CCNCC1)C(F)(F)F. The zero-order valence-electron chi connectivity index (χ0n) is 14.1. The molecule has 0 spiro atoms. The quantitative estimate of drug-likeness (QED) is 0.674. The normalized spacial score (nSPS) is 22.0. The highest BCUT2D eigenvalue weighted by atomic mass is 32.2. The maximum absolute atomic E-state index is 13.2. The molecule has 6 nitrogen and oxygen atoms in total. The lowest BCUT2D eigenvalue weighted by Crippen LogP contribution is -2.57. The van der Waals surface area contributed by atoms with E-state index >= 15 is 0 Å². The van der Waals surface area contributed by atoms with E-state index in [0.29, 0.717) is 25.9 Å². The van der Waals surface area contributed by atoms with Crippen LogP contribution in [0, 0.1) is 0 Å². The van der Waals surface area contributed by atoms with Gasteiger partial charge in [0.15, 0.2) is 9.84 Å². The molecule has 2 N–H and O–H groups in total. The summed E-state index contributed by atoms with van der Waals surface area (Å²) in [6, 6.07) is -1.75. The van der Waals surface area contributed by atoms with E-state index in [1.165, 1.54) is 4.90 Å². The molecule has 146 valence electrons. The fraction of sp³-hybridized carbons (Fsp3) is 0.933. The summed E-state index contributed by atoms with van der Waals surface area (Å²) in [5, 5.41) is 4.85. The number of piperazine rings is 1. The van der Waals surface area contributed by atoms with Crippen LogP contribution >= 0.6 is 0 Å². The molecule has 0 radical (unpaired) electrons. The molecule has 0 aromatic heterocycles. The van der Waals surface area contributed by atoms with Gasteiger partial charge in [-0.25, -0.2) is 8.42 Å². The fourth-order valence-electron chi connectivity index (χ4n) is 3.39. The van der Waals surface area contributed by atoms with Gasteiger partial charge in [0.1, 0.15) is 6.04 Å². The average Bonchev–Trinajstić information content (AvgIpc) is 3.08. The average molecular weight is 385 g/mol. The summed E-state index contributed by atoms with van der Waals surface area (Å²) < 4.78 is 63.9. The molecule has 1 aliphatic heterocycles. The highest BCUT2D eigenvalue weighted by Gasteiger charge is 2.43. The summed E-state index contributed by atoms with van der Waals surface area (Å²) in [6.45, 7) is 0.915. The standard InChI is InChI=1S/C15H26F3N3O3S/c16-15(17,18)13(21-8-6-19-7-9-21)11-20-14(22)5-10-25(23,24)12-3-1-2-4-12/h12-13,19H,1-11H2,(H,20,22). The number of nitrogens with one attached hydrogen (secondary N) is 2. The van der Waals surface area contributed by atoms with Gasteiger partial charge in [-0.05, 0) is 12.8 Å². The second-order valence-electron chi connectivity index (χ2n) is 6.67. The molecular weight excluding hydrogens is 359 g/mol. The maximum atomic E-state index is 13.2. The Balaban J connectivity index is 1.82. The molecule has 1 atom stereocenters. The van der Waals surface area contributed by atoms with Crippen molar-refractivity contribution in [3.8, 4) is 0 Å². The van der Waals surface area contributed by atoms with E-state index in [1.54, 1.807) is 0 Å². The first-order valence-corrected chi connectivity index (χ1v) is 10.4. The predicted molar refractivity (Wildman–Crippen MR) is 88.0 cm³/mol. The van der Waals surface area contributed by atoms with Gasteiger partial charge in [0.2, 0.25) is 5.91 Å². The smallest absolute Gasteiger partial charge is 0.354 e.